The van der Waals surface area contributed by atoms with Crippen LogP contribution in [0.3, 0.4) is 0 Å². The van der Waals surface area contributed by atoms with Crippen molar-refractivity contribution in [2.45, 2.75) is 13.0 Å². The monoisotopic (exact) mass is 403 g/mol. The Bertz CT molecular complexity index is 1300. The summed E-state index contributed by atoms with van der Waals surface area (Å²) in [4.78, 5) is 30.4. The number of carbonyl (C=O) groups is 1. The third-order valence-corrected chi connectivity index (χ3v) is 4.85. The highest BCUT2D eigenvalue weighted by Gasteiger charge is 2.24. The fraction of sp³-hybridized carbons (Fsp3) is 0.0870. The minimum atomic E-state index is -0.790. The second-order valence-corrected chi connectivity index (χ2v) is 6.82. The zero-order chi connectivity index (χ0) is 21.3. The number of amides is 1. The molecule has 0 aliphatic heterocycles. The molecule has 0 bridgehead atoms. The van der Waals surface area contributed by atoms with Crippen LogP contribution >= 0.6 is 0 Å². The van der Waals surface area contributed by atoms with Crippen molar-refractivity contribution in [3.05, 3.63) is 100 Å². The summed E-state index contributed by atoms with van der Waals surface area (Å²) in [5, 5.41) is 13.7. The lowest BCUT2D eigenvalue weighted by Gasteiger charge is -2.17. The maximum absolute atomic E-state index is 13.8. The highest BCUT2D eigenvalue weighted by atomic mass is 19.1. The number of pyridine rings is 2. The second kappa shape index (κ2) is 7.79. The molecule has 0 aliphatic rings. The molecular formula is C23H18FN3O3. The van der Waals surface area contributed by atoms with Crippen LogP contribution in [-0.4, -0.2) is 20.6 Å². The first kappa shape index (κ1) is 19.3. The van der Waals surface area contributed by atoms with Gasteiger partial charge in [-0.15, -0.1) is 0 Å². The minimum absolute atomic E-state index is 0.123. The van der Waals surface area contributed by atoms with Gasteiger partial charge < -0.3 is 10.4 Å². The van der Waals surface area contributed by atoms with Gasteiger partial charge in [-0.2, -0.15) is 0 Å². The predicted octanol–water partition coefficient (Wildman–Crippen LogP) is 3.72. The molecule has 2 aromatic heterocycles. The van der Waals surface area contributed by atoms with Gasteiger partial charge in [0.2, 0.25) is 0 Å². The van der Waals surface area contributed by atoms with E-state index in [2.05, 4.69) is 10.3 Å². The molecule has 2 heterocycles. The summed E-state index contributed by atoms with van der Waals surface area (Å²) < 4.78 is 14.9. The number of hydrogen-bond donors (Lipinski definition) is 2. The average Bonchev–Trinajstić information content (AvgIpc) is 2.74. The number of fused-ring (bicyclic) bond motifs is 1. The van der Waals surface area contributed by atoms with Crippen LogP contribution in [0.2, 0.25) is 0 Å². The Kier molecular flexibility index (Phi) is 5.02. The van der Waals surface area contributed by atoms with E-state index in [9.17, 15) is 19.1 Å². The Morgan fingerprint density at radius 3 is 2.60 bits per heavy atom. The molecule has 0 saturated heterocycles. The molecule has 2 aromatic carbocycles. The van der Waals surface area contributed by atoms with Gasteiger partial charge in [0.1, 0.15) is 17.1 Å². The molecule has 2 N–H and O–H groups in total. The number of benzene rings is 2. The maximum atomic E-state index is 13.8. The molecule has 7 heteroatoms. The highest BCUT2D eigenvalue weighted by Crippen LogP contribution is 2.27. The number of nitrogens with one attached hydrogen (secondary N) is 1. The molecule has 6 nitrogen and oxygen atoms in total. The van der Waals surface area contributed by atoms with Crippen molar-refractivity contribution in [1.82, 2.24) is 14.9 Å². The highest BCUT2D eigenvalue weighted by molar-refractivity contribution is 6.02. The SMILES string of the molecule is C[C@H](NC(=O)c1c(O)c2cccnc2n(-c2cccc(F)c2)c1=O)c1ccccc1. The quantitative estimate of drug-likeness (QED) is 0.544. The molecule has 0 spiro atoms. The van der Waals surface area contributed by atoms with Crippen LogP contribution < -0.4 is 10.9 Å². The summed E-state index contributed by atoms with van der Waals surface area (Å²) in [5.41, 5.74) is -0.0463. The minimum Gasteiger partial charge on any atom is -0.506 e. The van der Waals surface area contributed by atoms with Gasteiger partial charge in [-0.05, 0) is 42.8 Å². The number of aromatic hydroxyl groups is 1. The van der Waals surface area contributed by atoms with Crippen molar-refractivity contribution in [1.29, 1.82) is 0 Å². The van der Waals surface area contributed by atoms with Crippen LogP contribution in [-0.2, 0) is 0 Å². The molecule has 4 rings (SSSR count). The largest absolute Gasteiger partial charge is 0.506 e. The first-order valence-electron chi connectivity index (χ1n) is 9.32. The van der Waals surface area contributed by atoms with Gasteiger partial charge in [-0.1, -0.05) is 36.4 Å². The first-order chi connectivity index (χ1) is 14.5. The zero-order valence-electron chi connectivity index (χ0n) is 16.0. The topological polar surface area (TPSA) is 84.2 Å². The van der Waals surface area contributed by atoms with Crippen molar-refractivity contribution in [3.63, 3.8) is 0 Å². The van der Waals surface area contributed by atoms with Crippen LogP contribution in [0.15, 0.2) is 77.7 Å². The molecule has 1 amide bonds. The summed E-state index contributed by atoms with van der Waals surface area (Å²) in [6.45, 7) is 1.78. The van der Waals surface area contributed by atoms with Crippen molar-refractivity contribution in [2.24, 2.45) is 0 Å². The Hall–Kier alpha value is -4.00. The van der Waals surface area contributed by atoms with Crippen molar-refractivity contribution in [2.75, 3.05) is 0 Å². The standard InChI is InChI=1S/C23H18FN3O3/c1-14(15-7-3-2-4-8-15)26-22(29)19-20(28)18-11-6-12-25-21(18)27(23(19)30)17-10-5-9-16(24)13-17/h2-14,28H,1H3,(H,26,29)/t14-/m0/s1. The third kappa shape index (κ3) is 3.41. The van der Waals surface area contributed by atoms with E-state index in [-0.39, 0.29) is 16.7 Å². The number of carbonyl (C=O) groups excluding carboxylic acids is 1. The van der Waals surface area contributed by atoms with E-state index < -0.39 is 34.6 Å². The number of nitrogens with zero attached hydrogens (tertiary/aromatic N) is 2. The van der Waals surface area contributed by atoms with Crippen LogP contribution in [0.25, 0.3) is 16.7 Å². The van der Waals surface area contributed by atoms with E-state index in [4.69, 9.17) is 0 Å². The summed E-state index contributed by atoms with van der Waals surface area (Å²) in [6.07, 6.45) is 1.45. The number of aromatic nitrogens is 2. The first-order valence-corrected chi connectivity index (χ1v) is 9.32. The Balaban J connectivity index is 1.88. The maximum Gasteiger partial charge on any atom is 0.273 e. The van der Waals surface area contributed by atoms with Gasteiger partial charge in [-0.25, -0.2) is 9.37 Å². The van der Waals surface area contributed by atoms with Crippen LogP contribution in [0, 0.1) is 5.82 Å². The lowest BCUT2D eigenvalue weighted by atomic mass is 10.1. The van der Waals surface area contributed by atoms with E-state index in [0.29, 0.717) is 0 Å². The zero-order valence-corrected chi connectivity index (χ0v) is 16.0. The second-order valence-electron chi connectivity index (χ2n) is 6.82. The molecule has 0 unspecified atom stereocenters. The van der Waals surface area contributed by atoms with Crippen LogP contribution in [0.5, 0.6) is 5.75 Å². The Morgan fingerprint density at radius 1 is 1.10 bits per heavy atom. The molecule has 4 aromatic rings. The summed E-state index contributed by atoms with van der Waals surface area (Å²) in [7, 11) is 0. The molecule has 150 valence electrons. The number of rotatable bonds is 4. The molecule has 1 atom stereocenters. The summed E-state index contributed by atoms with van der Waals surface area (Å²) in [6, 6.07) is 17.4. The van der Waals surface area contributed by atoms with Gasteiger partial charge in [0.05, 0.1) is 17.1 Å². The van der Waals surface area contributed by atoms with E-state index in [1.54, 1.807) is 19.1 Å². The Labute approximate surface area is 171 Å². The lowest BCUT2D eigenvalue weighted by Crippen LogP contribution is -2.34. The van der Waals surface area contributed by atoms with E-state index in [1.807, 2.05) is 30.3 Å². The van der Waals surface area contributed by atoms with Crippen molar-refractivity contribution >= 4 is 16.9 Å². The molecule has 0 aliphatic carbocycles. The average molecular weight is 403 g/mol. The molecular weight excluding hydrogens is 385 g/mol. The van der Waals surface area contributed by atoms with Gasteiger partial charge in [0.15, 0.2) is 5.65 Å². The van der Waals surface area contributed by atoms with Crippen molar-refractivity contribution in [3.8, 4) is 11.4 Å². The van der Waals surface area contributed by atoms with Crippen LogP contribution in [0.4, 0.5) is 4.39 Å². The predicted molar refractivity (Wildman–Crippen MR) is 111 cm³/mol. The fourth-order valence-corrected chi connectivity index (χ4v) is 3.36. The Morgan fingerprint density at radius 2 is 1.87 bits per heavy atom. The molecule has 0 radical (unpaired) electrons. The van der Waals surface area contributed by atoms with Crippen LogP contribution in [0.1, 0.15) is 28.9 Å². The van der Waals surface area contributed by atoms with E-state index in [1.165, 1.54) is 30.5 Å². The van der Waals surface area contributed by atoms with E-state index in [0.717, 1.165) is 10.1 Å². The third-order valence-electron chi connectivity index (χ3n) is 4.85. The molecule has 30 heavy (non-hydrogen) atoms. The number of halogens is 1. The summed E-state index contributed by atoms with van der Waals surface area (Å²) >= 11 is 0. The van der Waals surface area contributed by atoms with Gasteiger partial charge >= 0.3 is 0 Å². The normalized spacial score (nSPS) is 11.9. The fourth-order valence-electron chi connectivity index (χ4n) is 3.36. The molecule has 0 saturated carbocycles. The van der Waals surface area contributed by atoms with Gasteiger partial charge in [0, 0.05) is 6.20 Å². The number of hydrogen-bond acceptors (Lipinski definition) is 4. The lowest BCUT2D eigenvalue weighted by molar-refractivity contribution is 0.0935. The summed E-state index contributed by atoms with van der Waals surface area (Å²) in [5.74, 6) is -1.74. The smallest absolute Gasteiger partial charge is 0.273 e. The van der Waals surface area contributed by atoms with Gasteiger partial charge in [-0.3, -0.25) is 14.2 Å². The van der Waals surface area contributed by atoms with E-state index >= 15 is 0 Å². The van der Waals surface area contributed by atoms with Crippen molar-refractivity contribution < 1.29 is 14.3 Å². The molecule has 0 fully saturated rings. The van der Waals surface area contributed by atoms with Gasteiger partial charge in [0.25, 0.3) is 11.5 Å².